The third-order valence-electron chi connectivity index (χ3n) is 3.19. The average Bonchev–Trinajstić information content (AvgIpc) is 2.49. The molecule has 0 spiro atoms. The van der Waals surface area contributed by atoms with E-state index in [1.165, 1.54) is 5.56 Å². The molecule has 0 saturated carbocycles. The van der Waals surface area contributed by atoms with Crippen LogP contribution in [0.25, 0.3) is 0 Å². The maximum absolute atomic E-state index is 4.62. The van der Waals surface area contributed by atoms with Gasteiger partial charge >= 0.3 is 0 Å². The monoisotopic (exact) mass is 348 g/mol. The zero-order valence-electron chi connectivity index (χ0n) is 12.7. The maximum atomic E-state index is 4.62. The van der Waals surface area contributed by atoms with Crippen molar-refractivity contribution in [2.45, 2.75) is 26.8 Å². The van der Waals surface area contributed by atoms with E-state index >= 15 is 0 Å². The van der Waals surface area contributed by atoms with Gasteiger partial charge in [0.15, 0.2) is 0 Å². The highest BCUT2D eigenvalue weighted by molar-refractivity contribution is 9.10. The van der Waals surface area contributed by atoms with Gasteiger partial charge in [-0.1, -0.05) is 41.1 Å². The summed E-state index contributed by atoms with van der Waals surface area (Å²) >= 11 is 3.59. The minimum Gasteiger partial charge on any atom is -0.370 e. The lowest BCUT2D eigenvalue weighted by molar-refractivity contribution is 0.856. The van der Waals surface area contributed by atoms with Crippen LogP contribution in [0, 0.1) is 0 Å². The van der Waals surface area contributed by atoms with E-state index in [0.29, 0.717) is 0 Å². The van der Waals surface area contributed by atoms with Crippen LogP contribution in [-0.2, 0) is 13.0 Å². The molecule has 21 heavy (non-hydrogen) atoms. The lowest BCUT2D eigenvalue weighted by Gasteiger charge is -2.20. The van der Waals surface area contributed by atoms with Crippen molar-refractivity contribution in [2.24, 2.45) is 0 Å². The second-order valence-corrected chi connectivity index (χ2v) is 5.71. The van der Waals surface area contributed by atoms with Crippen LogP contribution < -0.4 is 10.2 Å². The first-order valence-corrected chi connectivity index (χ1v) is 7.99. The number of rotatable bonds is 6. The standard InChI is InChI=1S/C16H21BrN4/c1-4-14-19-15(18-5-2)10-16(20-14)21(3)11-12-8-6-7-9-13(12)17/h6-10H,4-5,11H2,1-3H3,(H,18,19,20). The minimum atomic E-state index is 0.799. The highest BCUT2D eigenvalue weighted by Gasteiger charge is 2.09. The number of hydrogen-bond donors (Lipinski definition) is 1. The van der Waals surface area contributed by atoms with Crippen LogP contribution in [0.1, 0.15) is 25.2 Å². The zero-order chi connectivity index (χ0) is 15.2. The SMILES string of the molecule is CCNc1cc(N(C)Cc2ccccc2Br)nc(CC)n1. The van der Waals surface area contributed by atoms with Crippen molar-refractivity contribution in [2.75, 3.05) is 23.8 Å². The molecule has 2 rings (SSSR count). The Morgan fingerprint density at radius 3 is 2.62 bits per heavy atom. The predicted molar refractivity (Wildman–Crippen MR) is 91.8 cm³/mol. The Kier molecular flexibility index (Phi) is 5.56. The molecule has 1 N–H and O–H groups in total. The van der Waals surface area contributed by atoms with E-state index in [4.69, 9.17) is 0 Å². The fourth-order valence-electron chi connectivity index (χ4n) is 2.07. The molecule has 1 aromatic heterocycles. The Balaban J connectivity index is 2.23. The number of nitrogens with one attached hydrogen (secondary N) is 1. The van der Waals surface area contributed by atoms with E-state index in [1.807, 2.05) is 12.1 Å². The van der Waals surface area contributed by atoms with Gasteiger partial charge in [0.2, 0.25) is 0 Å². The summed E-state index contributed by atoms with van der Waals surface area (Å²) in [5.74, 6) is 2.69. The molecule has 4 nitrogen and oxygen atoms in total. The molecule has 0 aliphatic rings. The molecule has 5 heteroatoms. The zero-order valence-corrected chi connectivity index (χ0v) is 14.3. The van der Waals surface area contributed by atoms with Gasteiger partial charge in [-0.05, 0) is 18.6 Å². The Hall–Kier alpha value is -1.62. The fourth-order valence-corrected chi connectivity index (χ4v) is 2.48. The van der Waals surface area contributed by atoms with Gasteiger partial charge in [-0.25, -0.2) is 9.97 Å². The van der Waals surface area contributed by atoms with Gasteiger partial charge in [-0.15, -0.1) is 0 Å². The van der Waals surface area contributed by atoms with Crippen molar-refractivity contribution < 1.29 is 0 Å². The topological polar surface area (TPSA) is 41.0 Å². The lowest BCUT2D eigenvalue weighted by Crippen LogP contribution is -2.19. The lowest BCUT2D eigenvalue weighted by atomic mass is 10.2. The molecular formula is C16H21BrN4. The van der Waals surface area contributed by atoms with Crippen molar-refractivity contribution in [1.82, 2.24) is 9.97 Å². The number of halogens is 1. The molecule has 0 radical (unpaired) electrons. The Labute approximate surface area is 134 Å². The number of anilines is 2. The normalized spacial score (nSPS) is 10.5. The summed E-state index contributed by atoms with van der Waals surface area (Å²) in [5, 5.41) is 3.27. The third kappa shape index (κ3) is 4.17. The highest BCUT2D eigenvalue weighted by atomic mass is 79.9. The van der Waals surface area contributed by atoms with Crippen LogP contribution in [0.15, 0.2) is 34.8 Å². The molecule has 0 saturated heterocycles. The van der Waals surface area contributed by atoms with Crippen molar-refractivity contribution in [3.8, 4) is 0 Å². The minimum absolute atomic E-state index is 0.799. The first-order chi connectivity index (χ1) is 10.1. The third-order valence-corrected chi connectivity index (χ3v) is 3.96. The summed E-state index contributed by atoms with van der Waals surface area (Å²) < 4.78 is 1.12. The van der Waals surface area contributed by atoms with Crippen molar-refractivity contribution >= 4 is 27.6 Å². The van der Waals surface area contributed by atoms with Crippen LogP contribution in [-0.4, -0.2) is 23.6 Å². The second kappa shape index (κ2) is 7.41. The van der Waals surface area contributed by atoms with Crippen LogP contribution in [0.4, 0.5) is 11.6 Å². The first kappa shape index (κ1) is 15.8. The Bertz CT molecular complexity index is 601. The maximum Gasteiger partial charge on any atom is 0.134 e. The molecule has 0 unspecified atom stereocenters. The van der Waals surface area contributed by atoms with E-state index in [-0.39, 0.29) is 0 Å². The highest BCUT2D eigenvalue weighted by Crippen LogP contribution is 2.21. The van der Waals surface area contributed by atoms with Gasteiger partial charge in [0, 0.05) is 37.1 Å². The Morgan fingerprint density at radius 2 is 1.95 bits per heavy atom. The molecule has 0 atom stereocenters. The number of hydrogen-bond acceptors (Lipinski definition) is 4. The molecule has 0 amide bonds. The van der Waals surface area contributed by atoms with Gasteiger partial charge in [-0.2, -0.15) is 0 Å². The molecule has 0 bridgehead atoms. The van der Waals surface area contributed by atoms with Crippen molar-refractivity contribution in [3.63, 3.8) is 0 Å². The van der Waals surface area contributed by atoms with E-state index < -0.39 is 0 Å². The molecule has 1 aromatic carbocycles. The summed E-state index contributed by atoms with van der Waals surface area (Å²) in [5.41, 5.74) is 1.24. The number of nitrogens with zero attached hydrogens (tertiary/aromatic N) is 3. The molecule has 1 heterocycles. The van der Waals surface area contributed by atoms with Gasteiger partial charge < -0.3 is 10.2 Å². The van der Waals surface area contributed by atoms with Gasteiger partial charge in [0.1, 0.15) is 17.5 Å². The van der Waals surface area contributed by atoms with Crippen LogP contribution in [0.3, 0.4) is 0 Å². The van der Waals surface area contributed by atoms with Crippen LogP contribution in [0.2, 0.25) is 0 Å². The quantitative estimate of drug-likeness (QED) is 0.860. The molecule has 2 aromatic rings. The van der Waals surface area contributed by atoms with E-state index in [1.54, 1.807) is 0 Å². The van der Waals surface area contributed by atoms with Crippen molar-refractivity contribution in [3.05, 3.63) is 46.2 Å². The molecule has 0 aliphatic carbocycles. The first-order valence-electron chi connectivity index (χ1n) is 7.20. The van der Waals surface area contributed by atoms with Crippen LogP contribution >= 0.6 is 15.9 Å². The second-order valence-electron chi connectivity index (χ2n) is 4.86. The summed E-state index contributed by atoms with van der Waals surface area (Å²) in [6.45, 7) is 5.79. The van der Waals surface area contributed by atoms with E-state index in [0.717, 1.165) is 41.4 Å². The number of aryl methyl sites for hydroxylation is 1. The number of benzene rings is 1. The van der Waals surface area contributed by atoms with Crippen molar-refractivity contribution in [1.29, 1.82) is 0 Å². The van der Waals surface area contributed by atoms with E-state index in [9.17, 15) is 0 Å². The summed E-state index contributed by atoms with van der Waals surface area (Å²) in [6, 6.07) is 10.3. The van der Waals surface area contributed by atoms with E-state index in [2.05, 4.69) is 75.2 Å². The van der Waals surface area contributed by atoms with Crippen LogP contribution in [0.5, 0.6) is 0 Å². The average molecular weight is 349 g/mol. The summed E-state index contributed by atoms with van der Waals surface area (Å²) in [7, 11) is 2.05. The Morgan fingerprint density at radius 1 is 1.19 bits per heavy atom. The number of aromatic nitrogens is 2. The fraction of sp³-hybridized carbons (Fsp3) is 0.375. The smallest absolute Gasteiger partial charge is 0.134 e. The molecular weight excluding hydrogens is 328 g/mol. The molecule has 0 aliphatic heterocycles. The predicted octanol–water partition coefficient (Wildman–Crippen LogP) is 3.87. The summed E-state index contributed by atoms with van der Waals surface area (Å²) in [6.07, 6.45) is 0.828. The molecule has 0 fully saturated rings. The van der Waals surface area contributed by atoms with Gasteiger partial charge in [0.05, 0.1) is 0 Å². The van der Waals surface area contributed by atoms with Gasteiger partial charge in [0.25, 0.3) is 0 Å². The van der Waals surface area contributed by atoms with Gasteiger partial charge in [-0.3, -0.25) is 0 Å². The largest absolute Gasteiger partial charge is 0.370 e. The molecule has 112 valence electrons. The summed E-state index contributed by atoms with van der Waals surface area (Å²) in [4.78, 5) is 11.3.